The van der Waals surface area contributed by atoms with Crippen molar-refractivity contribution in [2.75, 3.05) is 0 Å². The van der Waals surface area contributed by atoms with Gasteiger partial charge in [0.25, 0.3) is 6.43 Å². The van der Waals surface area contributed by atoms with Crippen LogP contribution in [0.4, 0.5) is 8.78 Å². The SMILES string of the molecule is O=CCCc1ccc(/C=C/C(=O)O)c(C(F)F)c1. The molecule has 3 nitrogen and oxygen atoms in total. The molecule has 0 fully saturated rings. The Hall–Kier alpha value is -2.04. The van der Waals surface area contributed by atoms with Gasteiger partial charge in [0.2, 0.25) is 0 Å². The van der Waals surface area contributed by atoms with Gasteiger partial charge in [-0.3, -0.25) is 0 Å². The summed E-state index contributed by atoms with van der Waals surface area (Å²) >= 11 is 0. The molecule has 1 N–H and O–H groups in total. The van der Waals surface area contributed by atoms with Gasteiger partial charge in [0.15, 0.2) is 0 Å². The average Bonchev–Trinajstić information content (AvgIpc) is 2.34. The Balaban J connectivity index is 3.04. The summed E-state index contributed by atoms with van der Waals surface area (Å²) in [5.41, 5.74) is 0.572. The molecule has 96 valence electrons. The second-order valence-corrected chi connectivity index (χ2v) is 3.64. The normalized spacial score (nSPS) is 11.1. The van der Waals surface area contributed by atoms with Crippen molar-refractivity contribution in [1.29, 1.82) is 0 Å². The number of carbonyl (C=O) groups excluding carboxylic acids is 1. The van der Waals surface area contributed by atoms with Crippen molar-refractivity contribution in [1.82, 2.24) is 0 Å². The Morgan fingerprint density at radius 3 is 2.67 bits per heavy atom. The first-order valence-corrected chi connectivity index (χ1v) is 5.30. The first-order chi connectivity index (χ1) is 8.54. The summed E-state index contributed by atoms with van der Waals surface area (Å²) in [4.78, 5) is 20.6. The van der Waals surface area contributed by atoms with E-state index in [1.54, 1.807) is 6.07 Å². The molecule has 0 aliphatic carbocycles. The van der Waals surface area contributed by atoms with E-state index >= 15 is 0 Å². The smallest absolute Gasteiger partial charge is 0.328 e. The third kappa shape index (κ3) is 4.08. The molecule has 1 aromatic carbocycles. The van der Waals surface area contributed by atoms with E-state index in [9.17, 15) is 18.4 Å². The highest BCUT2D eigenvalue weighted by atomic mass is 19.3. The van der Waals surface area contributed by atoms with Crippen molar-refractivity contribution < 1.29 is 23.5 Å². The molecule has 1 rings (SSSR count). The summed E-state index contributed by atoms with van der Waals surface area (Å²) in [6.07, 6.45) is 0.647. The van der Waals surface area contributed by atoms with Gasteiger partial charge in [-0.25, -0.2) is 13.6 Å². The second-order valence-electron chi connectivity index (χ2n) is 3.64. The summed E-state index contributed by atoms with van der Waals surface area (Å²) in [6, 6.07) is 4.34. The van der Waals surface area contributed by atoms with E-state index in [4.69, 9.17) is 5.11 Å². The van der Waals surface area contributed by atoms with Gasteiger partial charge in [0.1, 0.15) is 6.29 Å². The number of aldehydes is 1. The van der Waals surface area contributed by atoms with Crippen molar-refractivity contribution in [2.45, 2.75) is 19.3 Å². The molecule has 0 spiro atoms. The van der Waals surface area contributed by atoms with Crippen molar-refractivity contribution in [3.05, 3.63) is 41.0 Å². The molecule has 0 heterocycles. The average molecular weight is 254 g/mol. The van der Waals surface area contributed by atoms with Gasteiger partial charge < -0.3 is 9.90 Å². The number of rotatable bonds is 6. The topological polar surface area (TPSA) is 54.4 Å². The molecule has 0 aliphatic heterocycles. The summed E-state index contributed by atoms with van der Waals surface area (Å²) in [7, 11) is 0. The van der Waals surface area contributed by atoms with Crippen LogP contribution in [0.15, 0.2) is 24.3 Å². The molecule has 0 aromatic heterocycles. The Morgan fingerprint density at radius 1 is 1.39 bits per heavy atom. The highest BCUT2D eigenvalue weighted by Crippen LogP contribution is 2.25. The molecule has 0 atom stereocenters. The van der Waals surface area contributed by atoms with E-state index < -0.39 is 12.4 Å². The Morgan fingerprint density at radius 2 is 2.11 bits per heavy atom. The molecule has 5 heteroatoms. The Bertz CT molecular complexity index is 467. The maximum Gasteiger partial charge on any atom is 0.328 e. The van der Waals surface area contributed by atoms with Gasteiger partial charge >= 0.3 is 5.97 Å². The largest absolute Gasteiger partial charge is 0.478 e. The highest BCUT2D eigenvalue weighted by Gasteiger charge is 2.12. The molecule has 0 aliphatic rings. The molecular weight excluding hydrogens is 242 g/mol. The van der Waals surface area contributed by atoms with Gasteiger partial charge in [-0.05, 0) is 29.7 Å². The quantitative estimate of drug-likeness (QED) is 0.627. The highest BCUT2D eigenvalue weighted by molar-refractivity contribution is 5.85. The van der Waals surface area contributed by atoms with Gasteiger partial charge in [-0.2, -0.15) is 0 Å². The Kier molecular flexibility index (Phi) is 5.17. The monoisotopic (exact) mass is 254 g/mol. The number of halogens is 2. The van der Waals surface area contributed by atoms with Crippen molar-refractivity contribution in [3.8, 4) is 0 Å². The van der Waals surface area contributed by atoms with E-state index in [0.29, 0.717) is 12.0 Å². The van der Waals surface area contributed by atoms with Crippen LogP contribution in [0.5, 0.6) is 0 Å². The van der Waals surface area contributed by atoms with Gasteiger partial charge in [0.05, 0.1) is 0 Å². The maximum absolute atomic E-state index is 12.8. The van der Waals surface area contributed by atoms with Crippen LogP contribution >= 0.6 is 0 Å². The lowest BCUT2D eigenvalue weighted by molar-refractivity contribution is -0.131. The number of carboxylic acid groups (broad SMARTS) is 1. The molecule has 0 radical (unpaired) electrons. The Labute approximate surface area is 103 Å². The third-order valence-corrected chi connectivity index (χ3v) is 2.34. The number of aryl methyl sites for hydroxylation is 1. The predicted molar refractivity (Wildman–Crippen MR) is 62.5 cm³/mol. The minimum absolute atomic E-state index is 0.169. The van der Waals surface area contributed by atoms with Crippen LogP contribution in [-0.2, 0) is 16.0 Å². The molecule has 0 saturated heterocycles. The van der Waals surface area contributed by atoms with Crippen LogP contribution < -0.4 is 0 Å². The lowest BCUT2D eigenvalue weighted by atomic mass is 10.0. The number of alkyl halides is 2. The lowest BCUT2D eigenvalue weighted by Crippen LogP contribution is -1.95. The first-order valence-electron chi connectivity index (χ1n) is 5.30. The number of carbonyl (C=O) groups is 2. The number of hydrogen-bond acceptors (Lipinski definition) is 2. The number of aliphatic carboxylic acids is 1. The van der Waals surface area contributed by atoms with Gasteiger partial charge in [-0.1, -0.05) is 12.1 Å². The van der Waals surface area contributed by atoms with Crippen molar-refractivity contribution in [2.24, 2.45) is 0 Å². The van der Waals surface area contributed by atoms with Crippen molar-refractivity contribution >= 4 is 18.3 Å². The zero-order valence-corrected chi connectivity index (χ0v) is 9.48. The molecule has 0 bridgehead atoms. The minimum Gasteiger partial charge on any atom is -0.478 e. The maximum atomic E-state index is 12.8. The fraction of sp³-hybridized carbons (Fsp3) is 0.231. The third-order valence-electron chi connectivity index (χ3n) is 2.34. The number of carboxylic acids is 1. The molecule has 0 saturated carbocycles. The van der Waals surface area contributed by atoms with Crippen LogP contribution in [0.3, 0.4) is 0 Å². The fourth-order valence-electron chi connectivity index (χ4n) is 1.51. The van der Waals surface area contributed by atoms with Gasteiger partial charge in [0, 0.05) is 18.1 Å². The predicted octanol–water partition coefficient (Wildman–Crippen LogP) is 2.85. The van der Waals surface area contributed by atoms with E-state index in [1.807, 2.05) is 0 Å². The molecule has 1 aromatic rings. The zero-order chi connectivity index (χ0) is 13.5. The molecular formula is C13H12F2O3. The molecule has 0 amide bonds. The summed E-state index contributed by atoms with van der Waals surface area (Å²) in [5, 5.41) is 8.46. The lowest BCUT2D eigenvalue weighted by Gasteiger charge is -2.07. The van der Waals surface area contributed by atoms with E-state index in [1.165, 1.54) is 12.1 Å². The summed E-state index contributed by atoms with van der Waals surface area (Å²) in [6.45, 7) is 0. The molecule has 0 unspecified atom stereocenters. The minimum atomic E-state index is -2.69. The van der Waals surface area contributed by atoms with Crippen molar-refractivity contribution in [3.63, 3.8) is 0 Å². The fourth-order valence-corrected chi connectivity index (χ4v) is 1.51. The van der Waals surface area contributed by atoms with E-state index in [-0.39, 0.29) is 17.5 Å². The van der Waals surface area contributed by atoms with Gasteiger partial charge in [-0.15, -0.1) is 0 Å². The second kappa shape index (κ2) is 6.64. The molecule has 18 heavy (non-hydrogen) atoms. The summed E-state index contributed by atoms with van der Waals surface area (Å²) < 4.78 is 25.6. The van der Waals surface area contributed by atoms with Crippen LogP contribution in [0.2, 0.25) is 0 Å². The van der Waals surface area contributed by atoms with E-state index in [0.717, 1.165) is 18.4 Å². The van der Waals surface area contributed by atoms with Crippen LogP contribution in [0.1, 0.15) is 29.5 Å². The summed E-state index contributed by atoms with van der Waals surface area (Å²) in [5.74, 6) is -1.19. The van der Waals surface area contributed by atoms with E-state index in [2.05, 4.69) is 0 Å². The van der Waals surface area contributed by atoms with Crippen LogP contribution in [-0.4, -0.2) is 17.4 Å². The number of benzene rings is 1. The number of hydrogen-bond donors (Lipinski definition) is 1. The van der Waals surface area contributed by atoms with Crippen LogP contribution in [0.25, 0.3) is 6.08 Å². The first kappa shape index (κ1) is 14.0. The standard InChI is InChI=1S/C13H12F2O3/c14-13(15)11-8-9(2-1-7-16)3-4-10(11)5-6-12(17)18/h3-8,13H,1-2H2,(H,17,18)/b6-5+. The van der Waals surface area contributed by atoms with Crippen LogP contribution in [0, 0.1) is 0 Å². The zero-order valence-electron chi connectivity index (χ0n) is 9.48.